The molecule has 0 aromatic rings. The molecular formula is C14H29NO2. The lowest BCUT2D eigenvalue weighted by molar-refractivity contribution is -0.0918. The van der Waals surface area contributed by atoms with E-state index in [9.17, 15) is 0 Å². The molecule has 3 nitrogen and oxygen atoms in total. The smallest absolute Gasteiger partial charge is 0.0785 e. The second-order valence-corrected chi connectivity index (χ2v) is 5.79. The number of nitrogens with one attached hydrogen (secondary N) is 1. The molecule has 3 heteroatoms. The van der Waals surface area contributed by atoms with Crippen LogP contribution in [0.25, 0.3) is 0 Å². The molecule has 0 aromatic carbocycles. The van der Waals surface area contributed by atoms with Crippen LogP contribution in [0, 0.1) is 5.41 Å². The number of hydrogen-bond donors (Lipinski definition) is 1. The maximum absolute atomic E-state index is 6.14. The molecule has 102 valence electrons. The van der Waals surface area contributed by atoms with Crippen LogP contribution in [0.3, 0.4) is 0 Å². The van der Waals surface area contributed by atoms with Gasteiger partial charge in [-0.25, -0.2) is 0 Å². The molecule has 0 radical (unpaired) electrons. The monoisotopic (exact) mass is 243 g/mol. The minimum Gasteiger partial charge on any atom is -0.379 e. The maximum Gasteiger partial charge on any atom is 0.0785 e. The van der Waals surface area contributed by atoms with Crippen LogP contribution in [-0.2, 0) is 9.47 Å². The second kappa shape index (κ2) is 6.72. The third-order valence-corrected chi connectivity index (χ3v) is 3.80. The average molecular weight is 243 g/mol. The molecule has 17 heavy (non-hydrogen) atoms. The minimum absolute atomic E-state index is 0.185. The molecule has 1 aliphatic carbocycles. The Morgan fingerprint density at radius 3 is 2.71 bits per heavy atom. The van der Waals surface area contributed by atoms with Crippen molar-refractivity contribution in [1.82, 2.24) is 5.32 Å². The normalized spacial score (nSPS) is 30.2. The molecule has 1 rings (SSSR count). The number of rotatable bonds is 6. The van der Waals surface area contributed by atoms with E-state index in [0.29, 0.717) is 24.2 Å². The Labute approximate surface area is 106 Å². The summed E-state index contributed by atoms with van der Waals surface area (Å²) >= 11 is 0. The lowest BCUT2D eigenvalue weighted by atomic mass is 9.72. The fourth-order valence-electron chi connectivity index (χ4n) is 2.93. The van der Waals surface area contributed by atoms with Crippen LogP contribution in [0.4, 0.5) is 0 Å². The zero-order valence-corrected chi connectivity index (χ0v) is 12.1. The highest BCUT2D eigenvalue weighted by Gasteiger charge is 2.39. The zero-order chi connectivity index (χ0) is 12.9. The summed E-state index contributed by atoms with van der Waals surface area (Å²) in [6, 6.07) is 0.445. The van der Waals surface area contributed by atoms with Gasteiger partial charge in [-0.15, -0.1) is 0 Å². The van der Waals surface area contributed by atoms with Crippen molar-refractivity contribution >= 4 is 0 Å². The Bertz CT molecular complexity index is 218. The SMILES string of the molecule is CCOCC(C)OC1CCCC(C)(C)C1NC. The summed E-state index contributed by atoms with van der Waals surface area (Å²) in [5, 5.41) is 3.44. The summed E-state index contributed by atoms with van der Waals surface area (Å²) in [6.07, 6.45) is 4.20. The molecule has 1 saturated carbocycles. The van der Waals surface area contributed by atoms with Crippen LogP contribution in [-0.4, -0.2) is 38.5 Å². The van der Waals surface area contributed by atoms with E-state index in [-0.39, 0.29) is 6.10 Å². The van der Waals surface area contributed by atoms with Gasteiger partial charge in [-0.3, -0.25) is 0 Å². The van der Waals surface area contributed by atoms with Crippen molar-refractivity contribution in [1.29, 1.82) is 0 Å². The van der Waals surface area contributed by atoms with Crippen LogP contribution in [0.2, 0.25) is 0 Å². The Morgan fingerprint density at radius 1 is 1.41 bits per heavy atom. The third-order valence-electron chi connectivity index (χ3n) is 3.80. The molecule has 0 saturated heterocycles. The van der Waals surface area contributed by atoms with Crippen LogP contribution in [0.5, 0.6) is 0 Å². The van der Waals surface area contributed by atoms with E-state index in [1.807, 2.05) is 14.0 Å². The number of hydrogen-bond acceptors (Lipinski definition) is 3. The molecule has 3 atom stereocenters. The van der Waals surface area contributed by atoms with Crippen LogP contribution in [0.1, 0.15) is 47.0 Å². The highest BCUT2D eigenvalue weighted by atomic mass is 16.5. The number of ether oxygens (including phenoxy) is 2. The molecule has 0 aliphatic heterocycles. The van der Waals surface area contributed by atoms with Gasteiger partial charge in [-0.05, 0) is 39.2 Å². The molecule has 3 unspecified atom stereocenters. The lowest BCUT2D eigenvalue weighted by Crippen LogP contribution is -2.53. The predicted molar refractivity (Wildman–Crippen MR) is 71.3 cm³/mol. The first-order chi connectivity index (χ1) is 8.01. The fraction of sp³-hybridized carbons (Fsp3) is 1.00. The topological polar surface area (TPSA) is 30.5 Å². The Hall–Kier alpha value is -0.120. The molecule has 0 spiro atoms. The van der Waals surface area contributed by atoms with Gasteiger partial charge in [-0.2, -0.15) is 0 Å². The molecule has 0 amide bonds. The second-order valence-electron chi connectivity index (χ2n) is 5.79. The van der Waals surface area contributed by atoms with E-state index >= 15 is 0 Å². The highest BCUT2D eigenvalue weighted by Crippen LogP contribution is 2.37. The number of likely N-dealkylation sites (N-methyl/N-ethyl adjacent to an activating group) is 1. The van der Waals surface area contributed by atoms with Gasteiger partial charge in [0.1, 0.15) is 0 Å². The van der Waals surface area contributed by atoms with E-state index < -0.39 is 0 Å². The van der Waals surface area contributed by atoms with Gasteiger partial charge >= 0.3 is 0 Å². The van der Waals surface area contributed by atoms with Crippen molar-refractivity contribution in [2.45, 2.75) is 65.2 Å². The molecule has 1 fully saturated rings. The Morgan fingerprint density at radius 2 is 2.12 bits per heavy atom. The third kappa shape index (κ3) is 4.23. The van der Waals surface area contributed by atoms with E-state index in [0.717, 1.165) is 13.0 Å². The summed E-state index contributed by atoms with van der Waals surface area (Å²) in [5.74, 6) is 0. The van der Waals surface area contributed by atoms with Crippen molar-refractivity contribution in [3.8, 4) is 0 Å². The largest absolute Gasteiger partial charge is 0.379 e. The zero-order valence-electron chi connectivity index (χ0n) is 12.1. The van der Waals surface area contributed by atoms with E-state index in [1.54, 1.807) is 0 Å². The van der Waals surface area contributed by atoms with E-state index in [2.05, 4.69) is 26.1 Å². The van der Waals surface area contributed by atoms with Crippen molar-refractivity contribution in [3.05, 3.63) is 0 Å². The van der Waals surface area contributed by atoms with Crippen molar-refractivity contribution in [2.75, 3.05) is 20.3 Å². The lowest BCUT2D eigenvalue weighted by Gasteiger charge is -2.44. The predicted octanol–water partition coefficient (Wildman–Crippen LogP) is 2.59. The van der Waals surface area contributed by atoms with Crippen LogP contribution >= 0.6 is 0 Å². The van der Waals surface area contributed by atoms with Crippen molar-refractivity contribution in [2.24, 2.45) is 5.41 Å². The molecule has 1 aliphatic rings. The van der Waals surface area contributed by atoms with Crippen molar-refractivity contribution < 1.29 is 9.47 Å². The van der Waals surface area contributed by atoms with Gasteiger partial charge in [0.25, 0.3) is 0 Å². The van der Waals surface area contributed by atoms with Crippen LogP contribution in [0.15, 0.2) is 0 Å². The fourth-order valence-corrected chi connectivity index (χ4v) is 2.93. The summed E-state index contributed by atoms with van der Waals surface area (Å²) in [7, 11) is 2.04. The Balaban J connectivity index is 2.50. The highest BCUT2D eigenvalue weighted by molar-refractivity contribution is 4.93. The standard InChI is InChI=1S/C14H29NO2/c1-6-16-10-11(2)17-12-8-7-9-14(3,4)13(12)15-5/h11-13,15H,6-10H2,1-5H3. The summed E-state index contributed by atoms with van der Waals surface area (Å²) in [5.41, 5.74) is 0.322. The Kier molecular flexibility index (Phi) is 5.90. The first-order valence-corrected chi connectivity index (χ1v) is 6.91. The minimum atomic E-state index is 0.185. The summed E-state index contributed by atoms with van der Waals surface area (Å²) < 4.78 is 11.6. The first kappa shape index (κ1) is 14.9. The molecule has 0 aromatic heterocycles. The quantitative estimate of drug-likeness (QED) is 0.778. The van der Waals surface area contributed by atoms with Gasteiger partial charge in [0.05, 0.1) is 18.8 Å². The van der Waals surface area contributed by atoms with Crippen molar-refractivity contribution in [3.63, 3.8) is 0 Å². The molecular weight excluding hydrogens is 214 g/mol. The van der Waals surface area contributed by atoms with Crippen LogP contribution < -0.4 is 5.32 Å². The van der Waals surface area contributed by atoms with Gasteiger partial charge in [0, 0.05) is 12.6 Å². The summed E-state index contributed by atoms with van der Waals surface area (Å²) in [4.78, 5) is 0. The molecule has 1 N–H and O–H groups in total. The van der Waals surface area contributed by atoms with Gasteiger partial charge in [0.15, 0.2) is 0 Å². The van der Waals surface area contributed by atoms with E-state index in [4.69, 9.17) is 9.47 Å². The molecule has 0 bridgehead atoms. The van der Waals surface area contributed by atoms with Gasteiger partial charge in [-0.1, -0.05) is 20.3 Å². The first-order valence-electron chi connectivity index (χ1n) is 6.91. The summed E-state index contributed by atoms with van der Waals surface area (Å²) in [6.45, 7) is 10.2. The van der Waals surface area contributed by atoms with Gasteiger partial charge < -0.3 is 14.8 Å². The van der Waals surface area contributed by atoms with E-state index in [1.165, 1.54) is 12.8 Å². The van der Waals surface area contributed by atoms with Gasteiger partial charge in [0.2, 0.25) is 0 Å². The average Bonchev–Trinajstić information content (AvgIpc) is 2.25. The maximum atomic E-state index is 6.14. The molecule has 0 heterocycles.